The highest BCUT2D eigenvalue weighted by Gasteiger charge is 2.34. The van der Waals surface area contributed by atoms with Crippen molar-refractivity contribution in [3.05, 3.63) is 0 Å². The van der Waals surface area contributed by atoms with E-state index in [0.717, 1.165) is 19.4 Å². The van der Waals surface area contributed by atoms with Crippen molar-refractivity contribution in [1.82, 2.24) is 10.2 Å². The summed E-state index contributed by atoms with van der Waals surface area (Å²) in [7, 11) is 0. The van der Waals surface area contributed by atoms with E-state index in [1.165, 1.54) is 58.3 Å². The van der Waals surface area contributed by atoms with Crippen LogP contribution < -0.4 is 5.32 Å². The van der Waals surface area contributed by atoms with Gasteiger partial charge < -0.3 is 15.0 Å². The van der Waals surface area contributed by atoms with Gasteiger partial charge in [-0.25, -0.2) is 0 Å². The lowest BCUT2D eigenvalue weighted by Crippen LogP contribution is -2.46. The van der Waals surface area contributed by atoms with Crippen LogP contribution in [-0.4, -0.2) is 49.3 Å². The summed E-state index contributed by atoms with van der Waals surface area (Å²) in [6.45, 7) is 10.6. The number of hydrogen-bond donors (Lipinski definition) is 1. The van der Waals surface area contributed by atoms with E-state index in [4.69, 9.17) is 4.74 Å². The molecule has 3 heteroatoms. The summed E-state index contributed by atoms with van der Waals surface area (Å²) >= 11 is 0. The van der Waals surface area contributed by atoms with E-state index in [1.54, 1.807) is 0 Å². The van der Waals surface area contributed by atoms with Gasteiger partial charge in [0.25, 0.3) is 0 Å². The summed E-state index contributed by atoms with van der Waals surface area (Å²) in [4.78, 5) is 2.61. The number of ether oxygens (including phenoxy) is 1. The minimum atomic E-state index is 0.158. The number of nitrogens with one attached hydrogen (secondary N) is 1. The fourth-order valence-electron chi connectivity index (χ4n) is 3.56. The molecule has 1 atom stereocenters. The second-order valence-electron chi connectivity index (χ2n) is 6.28. The Morgan fingerprint density at radius 1 is 1.21 bits per heavy atom. The summed E-state index contributed by atoms with van der Waals surface area (Å²) in [6.07, 6.45) is 8.79. The van der Waals surface area contributed by atoms with Gasteiger partial charge in [0, 0.05) is 12.6 Å². The molecule has 0 radical (unpaired) electrons. The lowest BCUT2D eigenvalue weighted by molar-refractivity contribution is -0.0929. The normalized spacial score (nSPS) is 27.8. The zero-order chi connectivity index (χ0) is 13.6. The third-order valence-electron chi connectivity index (χ3n) is 5.06. The molecule has 2 aliphatic rings. The molecule has 2 rings (SSSR count). The maximum absolute atomic E-state index is 6.03. The summed E-state index contributed by atoms with van der Waals surface area (Å²) in [5.74, 6) is 0. The van der Waals surface area contributed by atoms with Crippen LogP contribution in [0.3, 0.4) is 0 Å². The molecule has 19 heavy (non-hydrogen) atoms. The number of nitrogens with zero attached hydrogens (tertiary/aromatic N) is 1. The maximum atomic E-state index is 6.03. The second-order valence-corrected chi connectivity index (χ2v) is 6.28. The van der Waals surface area contributed by atoms with Gasteiger partial charge in [0.2, 0.25) is 0 Å². The molecule has 2 fully saturated rings. The van der Waals surface area contributed by atoms with Crippen LogP contribution in [0.25, 0.3) is 0 Å². The van der Waals surface area contributed by atoms with Crippen LogP contribution in [0.15, 0.2) is 0 Å². The van der Waals surface area contributed by atoms with Gasteiger partial charge in [0.15, 0.2) is 0 Å². The zero-order valence-corrected chi connectivity index (χ0v) is 12.9. The molecule has 0 bridgehead atoms. The van der Waals surface area contributed by atoms with Crippen molar-refractivity contribution in [2.45, 2.75) is 70.4 Å². The van der Waals surface area contributed by atoms with Crippen molar-refractivity contribution in [3.8, 4) is 0 Å². The third kappa shape index (κ3) is 4.44. The largest absolute Gasteiger partial charge is 0.375 e. The maximum Gasteiger partial charge on any atom is 0.0692 e. The Balaban J connectivity index is 1.62. The van der Waals surface area contributed by atoms with Gasteiger partial charge in [-0.3, -0.25) is 0 Å². The third-order valence-corrected chi connectivity index (χ3v) is 5.06. The average Bonchev–Trinajstić information content (AvgIpc) is 2.97. The first-order valence-corrected chi connectivity index (χ1v) is 8.38. The monoisotopic (exact) mass is 268 g/mol. The smallest absolute Gasteiger partial charge is 0.0692 e. The van der Waals surface area contributed by atoms with Crippen LogP contribution in [0.1, 0.15) is 58.8 Å². The molecule has 0 saturated carbocycles. The fourth-order valence-corrected chi connectivity index (χ4v) is 3.56. The first-order chi connectivity index (χ1) is 9.28. The van der Waals surface area contributed by atoms with Crippen LogP contribution in [-0.2, 0) is 4.74 Å². The SMILES string of the molecule is CCC1(CC)CC(NCCCN2CCCC2)CCO1. The molecule has 2 heterocycles. The molecule has 0 aromatic heterocycles. The van der Waals surface area contributed by atoms with Gasteiger partial charge in [-0.1, -0.05) is 13.8 Å². The summed E-state index contributed by atoms with van der Waals surface area (Å²) < 4.78 is 6.03. The van der Waals surface area contributed by atoms with E-state index in [0.29, 0.717) is 6.04 Å². The van der Waals surface area contributed by atoms with Crippen molar-refractivity contribution < 1.29 is 4.74 Å². The van der Waals surface area contributed by atoms with Crippen LogP contribution in [0.5, 0.6) is 0 Å². The lowest BCUT2D eigenvalue weighted by Gasteiger charge is -2.40. The Kier molecular flexibility index (Phi) is 6.11. The highest BCUT2D eigenvalue weighted by atomic mass is 16.5. The standard InChI is InChI=1S/C16H32N2O/c1-3-16(4-2)14-15(8-13-19-16)17-9-7-12-18-10-5-6-11-18/h15,17H,3-14H2,1-2H3. The lowest BCUT2D eigenvalue weighted by atomic mass is 9.86. The average molecular weight is 268 g/mol. The predicted octanol–water partition coefficient (Wildman–Crippen LogP) is 2.80. The Bertz CT molecular complexity index is 247. The first-order valence-electron chi connectivity index (χ1n) is 8.38. The minimum Gasteiger partial charge on any atom is -0.375 e. The molecule has 0 aromatic carbocycles. The van der Waals surface area contributed by atoms with Crippen molar-refractivity contribution in [1.29, 1.82) is 0 Å². The summed E-state index contributed by atoms with van der Waals surface area (Å²) in [6, 6.07) is 0.673. The van der Waals surface area contributed by atoms with Crippen LogP contribution in [0, 0.1) is 0 Å². The molecular weight excluding hydrogens is 236 g/mol. The van der Waals surface area contributed by atoms with Crippen molar-refractivity contribution >= 4 is 0 Å². The van der Waals surface area contributed by atoms with Crippen molar-refractivity contribution in [2.75, 3.05) is 32.8 Å². The highest BCUT2D eigenvalue weighted by Crippen LogP contribution is 2.31. The van der Waals surface area contributed by atoms with E-state index in [1.807, 2.05) is 0 Å². The van der Waals surface area contributed by atoms with Gasteiger partial charge >= 0.3 is 0 Å². The van der Waals surface area contributed by atoms with E-state index in [-0.39, 0.29) is 5.60 Å². The predicted molar refractivity (Wildman–Crippen MR) is 80.6 cm³/mol. The first kappa shape index (κ1) is 15.3. The van der Waals surface area contributed by atoms with Gasteiger partial charge in [0.1, 0.15) is 0 Å². The Morgan fingerprint density at radius 2 is 1.95 bits per heavy atom. The number of likely N-dealkylation sites (tertiary alicyclic amines) is 1. The zero-order valence-electron chi connectivity index (χ0n) is 12.9. The van der Waals surface area contributed by atoms with E-state index in [2.05, 4.69) is 24.1 Å². The van der Waals surface area contributed by atoms with Crippen LogP contribution >= 0.6 is 0 Å². The molecule has 0 aliphatic carbocycles. The molecule has 1 unspecified atom stereocenters. The Hall–Kier alpha value is -0.120. The van der Waals surface area contributed by atoms with E-state index >= 15 is 0 Å². The van der Waals surface area contributed by atoms with Gasteiger partial charge in [-0.2, -0.15) is 0 Å². The summed E-state index contributed by atoms with van der Waals surface area (Å²) in [5, 5.41) is 3.76. The van der Waals surface area contributed by atoms with Crippen LogP contribution in [0.2, 0.25) is 0 Å². The van der Waals surface area contributed by atoms with E-state index in [9.17, 15) is 0 Å². The molecule has 0 aromatic rings. The van der Waals surface area contributed by atoms with Gasteiger partial charge in [-0.05, 0) is 71.1 Å². The van der Waals surface area contributed by atoms with Gasteiger partial charge in [-0.15, -0.1) is 0 Å². The molecule has 3 nitrogen and oxygen atoms in total. The molecule has 2 saturated heterocycles. The molecule has 112 valence electrons. The molecule has 1 N–H and O–H groups in total. The second kappa shape index (κ2) is 7.61. The fraction of sp³-hybridized carbons (Fsp3) is 1.00. The highest BCUT2D eigenvalue weighted by molar-refractivity contribution is 4.88. The Labute approximate surface area is 119 Å². The summed E-state index contributed by atoms with van der Waals surface area (Å²) in [5.41, 5.74) is 0.158. The Morgan fingerprint density at radius 3 is 2.63 bits per heavy atom. The minimum absolute atomic E-state index is 0.158. The number of hydrogen-bond acceptors (Lipinski definition) is 3. The van der Waals surface area contributed by atoms with Crippen LogP contribution in [0.4, 0.5) is 0 Å². The molecule has 0 amide bonds. The van der Waals surface area contributed by atoms with Crippen molar-refractivity contribution in [3.63, 3.8) is 0 Å². The quantitative estimate of drug-likeness (QED) is 0.719. The van der Waals surface area contributed by atoms with Crippen molar-refractivity contribution in [2.24, 2.45) is 0 Å². The number of rotatable bonds is 7. The molecule has 0 spiro atoms. The molecule has 2 aliphatic heterocycles. The van der Waals surface area contributed by atoms with E-state index < -0.39 is 0 Å². The molecular formula is C16H32N2O. The topological polar surface area (TPSA) is 24.5 Å². The van der Waals surface area contributed by atoms with Gasteiger partial charge in [0.05, 0.1) is 5.60 Å².